The Kier molecular flexibility index (Phi) is 5.13. The van der Waals surface area contributed by atoms with Gasteiger partial charge in [0.2, 0.25) is 0 Å². The highest BCUT2D eigenvalue weighted by Crippen LogP contribution is 2.25. The fourth-order valence-electron chi connectivity index (χ4n) is 2.63. The lowest BCUT2D eigenvalue weighted by Gasteiger charge is -2.38. The molecule has 2 N–H and O–H groups in total. The number of carbonyl (C=O) groups is 1. The Labute approximate surface area is 129 Å². The van der Waals surface area contributed by atoms with E-state index in [4.69, 9.17) is 0 Å². The summed E-state index contributed by atoms with van der Waals surface area (Å²) < 4.78 is 27.0. The van der Waals surface area contributed by atoms with Crippen LogP contribution < -0.4 is 5.32 Å². The van der Waals surface area contributed by atoms with E-state index in [0.717, 1.165) is 6.07 Å². The topological polar surface area (TPSA) is 52.6 Å². The summed E-state index contributed by atoms with van der Waals surface area (Å²) in [4.78, 5) is 13.9. The third kappa shape index (κ3) is 3.62. The van der Waals surface area contributed by atoms with Crippen molar-refractivity contribution in [2.75, 3.05) is 13.1 Å². The predicted octanol–water partition coefficient (Wildman–Crippen LogP) is 1.82. The summed E-state index contributed by atoms with van der Waals surface area (Å²) in [6, 6.07) is 4.05. The Hall–Kier alpha value is -1.53. The van der Waals surface area contributed by atoms with Gasteiger partial charge >= 0.3 is 0 Å². The van der Waals surface area contributed by atoms with E-state index in [0.29, 0.717) is 19.4 Å². The van der Waals surface area contributed by atoms with Gasteiger partial charge in [0, 0.05) is 31.2 Å². The van der Waals surface area contributed by atoms with Crippen LogP contribution in [0, 0.1) is 11.6 Å². The first kappa shape index (κ1) is 16.8. The first-order valence-corrected chi connectivity index (χ1v) is 7.51. The summed E-state index contributed by atoms with van der Waals surface area (Å²) in [7, 11) is 0. The highest BCUT2D eigenvalue weighted by molar-refractivity contribution is 5.86. The minimum Gasteiger partial charge on any atom is -0.379 e. The van der Waals surface area contributed by atoms with Crippen LogP contribution in [0.5, 0.6) is 0 Å². The molecule has 0 saturated carbocycles. The fourth-order valence-corrected chi connectivity index (χ4v) is 2.63. The average molecular weight is 312 g/mol. The molecule has 1 aromatic rings. The molecule has 0 aromatic heterocycles. The summed E-state index contributed by atoms with van der Waals surface area (Å²) in [5.74, 6) is -2.31. The van der Waals surface area contributed by atoms with Gasteiger partial charge in [0.1, 0.15) is 0 Å². The molecule has 6 heteroatoms. The molecule has 1 saturated heterocycles. The van der Waals surface area contributed by atoms with Crippen LogP contribution in [0.4, 0.5) is 8.78 Å². The van der Waals surface area contributed by atoms with Gasteiger partial charge in [-0.1, -0.05) is 26.0 Å². The predicted molar refractivity (Wildman–Crippen MR) is 79.1 cm³/mol. The van der Waals surface area contributed by atoms with Gasteiger partial charge in [0.25, 0.3) is 5.91 Å². The number of amides is 1. The SMILES string of the molecule is CC(C)NC[C@]1(O)CCCN(Cc2cccc(F)c2F)C1=O. The molecule has 4 nitrogen and oxygen atoms in total. The van der Waals surface area contributed by atoms with Gasteiger partial charge in [-0.25, -0.2) is 8.78 Å². The van der Waals surface area contributed by atoms with Gasteiger partial charge in [-0.3, -0.25) is 4.79 Å². The number of rotatable bonds is 5. The summed E-state index contributed by atoms with van der Waals surface area (Å²) >= 11 is 0. The second-order valence-electron chi connectivity index (χ2n) is 6.11. The van der Waals surface area contributed by atoms with Crippen molar-refractivity contribution in [3.8, 4) is 0 Å². The van der Waals surface area contributed by atoms with Gasteiger partial charge < -0.3 is 15.3 Å². The number of hydrogen-bond acceptors (Lipinski definition) is 3. The zero-order valence-electron chi connectivity index (χ0n) is 12.9. The van der Waals surface area contributed by atoms with Crippen molar-refractivity contribution < 1.29 is 18.7 Å². The maximum atomic E-state index is 13.7. The third-order valence-electron chi connectivity index (χ3n) is 3.90. The summed E-state index contributed by atoms with van der Waals surface area (Å²) in [6.45, 7) is 4.41. The van der Waals surface area contributed by atoms with Crippen LogP contribution in [0.1, 0.15) is 32.3 Å². The largest absolute Gasteiger partial charge is 0.379 e. The fraction of sp³-hybridized carbons (Fsp3) is 0.562. The van der Waals surface area contributed by atoms with Crippen molar-refractivity contribution in [2.45, 2.75) is 44.9 Å². The number of nitrogens with one attached hydrogen (secondary N) is 1. The van der Waals surface area contributed by atoms with Crippen LogP contribution in [0.25, 0.3) is 0 Å². The zero-order valence-corrected chi connectivity index (χ0v) is 12.9. The highest BCUT2D eigenvalue weighted by Gasteiger charge is 2.42. The molecule has 1 amide bonds. The van der Waals surface area contributed by atoms with E-state index in [1.165, 1.54) is 17.0 Å². The zero-order chi connectivity index (χ0) is 16.3. The van der Waals surface area contributed by atoms with Crippen molar-refractivity contribution in [2.24, 2.45) is 0 Å². The first-order chi connectivity index (χ1) is 10.3. The standard InChI is InChI=1S/C16H22F2N2O2/c1-11(2)19-10-16(22)7-4-8-20(15(16)21)9-12-5-3-6-13(17)14(12)18/h3,5-6,11,19,22H,4,7-10H2,1-2H3/t16-/m1/s1. The van der Waals surface area contributed by atoms with E-state index >= 15 is 0 Å². The maximum Gasteiger partial charge on any atom is 0.256 e. The molecule has 1 fully saturated rings. The van der Waals surface area contributed by atoms with Gasteiger partial charge in [-0.05, 0) is 18.9 Å². The molecule has 1 atom stereocenters. The van der Waals surface area contributed by atoms with E-state index in [2.05, 4.69) is 5.32 Å². The van der Waals surface area contributed by atoms with Crippen molar-refractivity contribution >= 4 is 5.91 Å². The van der Waals surface area contributed by atoms with E-state index in [1.54, 1.807) is 0 Å². The van der Waals surface area contributed by atoms with Crippen LogP contribution in [0.15, 0.2) is 18.2 Å². The number of likely N-dealkylation sites (tertiary alicyclic amines) is 1. The average Bonchev–Trinajstić information content (AvgIpc) is 2.47. The van der Waals surface area contributed by atoms with Crippen molar-refractivity contribution in [1.29, 1.82) is 0 Å². The molecule has 2 rings (SSSR count). The Morgan fingerprint density at radius 1 is 1.41 bits per heavy atom. The van der Waals surface area contributed by atoms with Crippen LogP contribution in [-0.2, 0) is 11.3 Å². The number of nitrogens with zero attached hydrogens (tertiary/aromatic N) is 1. The second-order valence-corrected chi connectivity index (χ2v) is 6.11. The maximum absolute atomic E-state index is 13.7. The summed E-state index contributed by atoms with van der Waals surface area (Å²) in [6.07, 6.45) is 0.993. The van der Waals surface area contributed by atoms with Gasteiger partial charge in [-0.15, -0.1) is 0 Å². The number of halogens is 2. The molecular weight excluding hydrogens is 290 g/mol. The second kappa shape index (κ2) is 6.71. The molecule has 1 aromatic carbocycles. The van der Waals surface area contributed by atoms with Gasteiger partial charge in [-0.2, -0.15) is 0 Å². The lowest BCUT2D eigenvalue weighted by Crippen LogP contribution is -2.58. The number of carbonyl (C=O) groups excluding carboxylic acids is 1. The van der Waals surface area contributed by atoms with E-state index < -0.39 is 23.1 Å². The van der Waals surface area contributed by atoms with E-state index in [1.807, 2.05) is 13.8 Å². The molecule has 1 aliphatic heterocycles. The monoisotopic (exact) mass is 312 g/mol. The van der Waals surface area contributed by atoms with Crippen molar-refractivity contribution in [3.05, 3.63) is 35.4 Å². The summed E-state index contributed by atoms with van der Waals surface area (Å²) in [5.41, 5.74) is -1.36. The Balaban J connectivity index is 2.11. The Bertz CT molecular complexity index is 551. The van der Waals surface area contributed by atoms with Crippen LogP contribution in [0.2, 0.25) is 0 Å². The number of benzene rings is 1. The Morgan fingerprint density at radius 3 is 2.82 bits per heavy atom. The van der Waals surface area contributed by atoms with Gasteiger partial charge in [0.15, 0.2) is 17.2 Å². The molecule has 122 valence electrons. The normalized spacial score (nSPS) is 22.5. The first-order valence-electron chi connectivity index (χ1n) is 7.51. The molecule has 0 unspecified atom stereocenters. The van der Waals surface area contributed by atoms with Crippen molar-refractivity contribution in [1.82, 2.24) is 10.2 Å². The molecule has 1 aliphatic rings. The van der Waals surface area contributed by atoms with E-state index in [9.17, 15) is 18.7 Å². The minimum absolute atomic E-state index is 0.0353. The molecule has 0 radical (unpaired) electrons. The van der Waals surface area contributed by atoms with E-state index in [-0.39, 0.29) is 24.7 Å². The lowest BCUT2D eigenvalue weighted by molar-refractivity contribution is -0.157. The van der Waals surface area contributed by atoms with Crippen LogP contribution in [-0.4, -0.2) is 40.6 Å². The van der Waals surface area contributed by atoms with Crippen LogP contribution in [0.3, 0.4) is 0 Å². The number of piperidine rings is 1. The number of aliphatic hydroxyl groups is 1. The lowest BCUT2D eigenvalue weighted by atomic mass is 9.91. The number of hydrogen-bond donors (Lipinski definition) is 2. The van der Waals surface area contributed by atoms with Crippen LogP contribution >= 0.6 is 0 Å². The van der Waals surface area contributed by atoms with Gasteiger partial charge in [0.05, 0.1) is 0 Å². The molecule has 0 spiro atoms. The molecule has 1 heterocycles. The molecule has 0 bridgehead atoms. The minimum atomic E-state index is -1.48. The Morgan fingerprint density at radius 2 is 2.14 bits per heavy atom. The quantitative estimate of drug-likeness (QED) is 0.872. The third-order valence-corrected chi connectivity index (χ3v) is 3.90. The molecule has 22 heavy (non-hydrogen) atoms. The molecule has 0 aliphatic carbocycles. The smallest absolute Gasteiger partial charge is 0.256 e. The van der Waals surface area contributed by atoms with Crippen molar-refractivity contribution in [3.63, 3.8) is 0 Å². The summed E-state index contributed by atoms with van der Waals surface area (Å²) in [5, 5.41) is 13.6. The molecular formula is C16H22F2N2O2. The highest BCUT2D eigenvalue weighted by atomic mass is 19.2.